The Kier molecular flexibility index (Phi) is 5.85. The van der Waals surface area contributed by atoms with Gasteiger partial charge in [0, 0.05) is 18.3 Å². The number of pyridine rings is 1. The van der Waals surface area contributed by atoms with Gasteiger partial charge in [0.1, 0.15) is 12.2 Å². The van der Waals surface area contributed by atoms with Gasteiger partial charge >= 0.3 is 0 Å². The largest absolute Gasteiger partial charge is 0.346 e. The highest BCUT2D eigenvalue weighted by atomic mass is 19.3. The van der Waals surface area contributed by atoms with E-state index in [0.717, 1.165) is 10.4 Å². The van der Waals surface area contributed by atoms with Gasteiger partial charge in [0.25, 0.3) is 12.9 Å². The number of halogens is 4. The van der Waals surface area contributed by atoms with Gasteiger partial charge in [0.15, 0.2) is 5.65 Å². The smallest absolute Gasteiger partial charge is 0.280 e. The fourth-order valence-electron chi connectivity index (χ4n) is 3.27. The van der Waals surface area contributed by atoms with Gasteiger partial charge in [-0.3, -0.25) is 9.48 Å². The lowest BCUT2D eigenvalue weighted by molar-refractivity contribution is -0.122. The van der Waals surface area contributed by atoms with Crippen molar-refractivity contribution in [2.75, 3.05) is 0 Å². The van der Waals surface area contributed by atoms with Crippen LogP contribution >= 0.6 is 0 Å². The van der Waals surface area contributed by atoms with Gasteiger partial charge in [-0.2, -0.15) is 10.2 Å². The molecule has 3 heterocycles. The molecule has 0 aromatic carbocycles. The number of carbonyl (C=O) groups is 1. The van der Waals surface area contributed by atoms with E-state index in [9.17, 15) is 22.4 Å². The SMILES string of the molecule is CCn1nccc1C(C)NC(=O)Cn1nc(C)c2c(C(F)F)cc(C(F)F)nc21. The van der Waals surface area contributed by atoms with Crippen molar-refractivity contribution >= 4 is 16.9 Å². The van der Waals surface area contributed by atoms with E-state index in [1.165, 1.54) is 6.92 Å². The van der Waals surface area contributed by atoms with Crippen LogP contribution in [0.2, 0.25) is 0 Å². The Morgan fingerprint density at radius 3 is 2.55 bits per heavy atom. The number of hydrogen-bond donors (Lipinski definition) is 1. The highest BCUT2D eigenvalue weighted by Crippen LogP contribution is 2.32. The Balaban J connectivity index is 1.90. The van der Waals surface area contributed by atoms with Gasteiger partial charge in [0.05, 0.1) is 22.8 Å². The van der Waals surface area contributed by atoms with E-state index in [0.29, 0.717) is 12.6 Å². The standard InChI is InChI=1S/C18H20F4N6O/c1-4-27-13(5-6-23-27)9(2)24-14(29)8-28-18-15(10(3)26-28)11(16(19)20)7-12(25-18)17(21)22/h5-7,9,16-17H,4,8H2,1-3H3,(H,24,29). The predicted octanol–water partition coefficient (Wildman–Crippen LogP) is 3.71. The maximum atomic E-state index is 13.4. The molecule has 0 aliphatic rings. The Morgan fingerprint density at radius 1 is 1.21 bits per heavy atom. The monoisotopic (exact) mass is 412 g/mol. The molecule has 3 aromatic rings. The molecule has 11 heteroatoms. The van der Waals surface area contributed by atoms with Crippen LogP contribution in [0.4, 0.5) is 17.6 Å². The van der Waals surface area contributed by atoms with Gasteiger partial charge in [0.2, 0.25) is 5.91 Å². The van der Waals surface area contributed by atoms with Crippen molar-refractivity contribution < 1.29 is 22.4 Å². The van der Waals surface area contributed by atoms with E-state index >= 15 is 0 Å². The molecule has 0 radical (unpaired) electrons. The fourth-order valence-corrected chi connectivity index (χ4v) is 3.27. The van der Waals surface area contributed by atoms with Crippen LogP contribution in [0.25, 0.3) is 11.0 Å². The molecule has 1 N–H and O–H groups in total. The molecule has 29 heavy (non-hydrogen) atoms. The molecule has 1 atom stereocenters. The number of rotatable bonds is 7. The molecule has 3 rings (SSSR count). The van der Waals surface area contributed by atoms with Crippen molar-refractivity contribution in [2.24, 2.45) is 0 Å². The summed E-state index contributed by atoms with van der Waals surface area (Å²) in [6, 6.07) is 2.09. The topological polar surface area (TPSA) is 77.6 Å². The van der Waals surface area contributed by atoms with Gasteiger partial charge < -0.3 is 5.32 Å². The number of nitrogens with one attached hydrogen (secondary N) is 1. The first-order valence-corrected chi connectivity index (χ1v) is 8.98. The number of alkyl halides is 4. The zero-order valence-corrected chi connectivity index (χ0v) is 16.0. The minimum absolute atomic E-state index is 0.0192. The van der Waals surface area contributed by atoms with Crippen molar-refractivity contribution in [1.29, 1.82) is 0 Å². The van der Waals surface area contributed by atoms with E-state index in [1.54, 1.807) is 23.9 Å². The van der Waals surface area contributed by atoms with E-state index in [4.69, 9.17) is 0 Å². The van der Waals surface area contributed by atoms with Crippen LogP contribution < -0.4 is 5.32 Å². The normalized spacial score (nSPS) is 12.9. The molecule has 1 unspecified atom stereocenters. The Labute approximate surface area is 163 Å². The Morgan fingerprint density at radius 2 is 1.93 bits per heavy atom. The summed E-state index contributed by atoms with van der Waals surface area (Å²) in [5.41, 5.74) is -0.546. The van der Waals surface area contributed by atoms with Gasteiger partial charge in [-0.05, 0) is 32.9 Å². The van der Waals surface area contributed by atoms with Crippen LogP contribution in [0.3, 0.4) is 0 Å². The summed E-state index contributed by atoms with van der Waals surface area (Å²) in [6.45, 7) is 5.43. The Bertz CT molecular complexity index is 1030. The minimum Gasteiger partial charge on any atom is -0.346 e. The van der Waals surface area contributed by atoms with Crippen molar-refractivity contribution in [1.82, 2.24) is 29.9 Å². The zero-order valence-electron chi connectivity index (χ0n) is 16.0. The number of nitrogens with zero attached hydrogens (tertiary/aromatic N) is 5. The summed E-state index contributed by atoms with van der Waals surface area (Å²) in [6.07, 6.45) is -4.38. The maximum absolute atomic E-state index is 13.4. The van der Waals surface area contributed by atoms with E-state index in [2.05, 4.69) is 20.5 Å². The minimum atomic E-state index is -3.02. The molecule has 1 amide bonds. The third-order valence-electron chi connectivity index (χ3n) is 4.55. The van der Waals surface area contributed by atoms with Crippen LogP contribution in [0.15, 0.2) is 18.3 Å². The highest BCUT2D eigenvalue weighted by molar-refractivity contribution is 5.85. The summed E-state index contributed by atoms with van der Waals surface area (Å²) in [4.78, 5) is 16.3. The lowest BCUT2D eigenvalue weighted by Gasteiger charge is -2.15. The summed E-state index contributed by atoms with van der Waals surface area (Å²) < 4.78 is 55.8. The number of aromatic nitrogens is 5. The molecule has 156 valence electrons. The average Bonchev–Trinajstić information content (AvgIpc) is 3.25. The van der Waals surface area contributed by atoms with E-state index in [1.807, 2.05) is 6.92 Å². The van der Waals surface area contributed by atoms with E-state index < -0.39 is 30.0 Å². The first-order valence-electron chi connectivity index (χ1n) is 8.98. The second kappa shape index (κ2) is 8.18. The molecule has 0 bridgehead atoms. The second-order valence-corrected chi connectivity index (χ2v) is 6.54. The number of carbonyl (C=O) groups excluding carboxylic acids is 1. The number of aryl methyl sites for hydroxylation is 2. The van der Waals surface area contributed by atoms with E-state index in [-0.39, 0.29) is 29.3 Å². The average molecular weight is 412 g/mol. The van der Waals surface area contributed by atoms with Crippen molar-refractivity contribution in [3.8, 4) is 0 Å². The number of amides is 1. The number of hydrogen-bond acceptors (Lipinski definition) is 4. The quantitative estimate of drug-likeness (QED) is 0.600. The van der Waals surface area contributed by atoms with Crippen molar-refractivity contribution in [3.63, 3.8) is 0 Å². The lowest BCUT2D eigenvalue weighted by Crippen LogP contribution is -2.31. The second-order valence-electron chi connectivity index (χ2n) is 6.54. The molecular formula is C18H20F4N6O. The molecule has 0 saturated heterocycles. The summed E-state index contributed by atoms with van der Waals surface area (Å²) in [7, 11) is 0. The summed E-state index contributed by atoms with van der Waals surface area (Å²) in [5.74, 6) is -0.464. The first kappa shape index (κ1) is 20.7. The maximum Gasteiger partial charge on any atom is 0.280 e. The zero-order chi connectivity index (χ0) is 21.3. The molecule has 0 spiro atoms. The third-order valence-corrected chi connectivity index (χ3v) is 4.55. The van der Waals surface area contributed by atoms with Crippen LogP contribution in [-0.2, 0) is 17.9 Å². The van der Waals surface area contributed by atoms with Crippen molar-refractivity contribution in [3.05, 3.63) is 41.0 Å². The van der Waals surface area contributed by atoms with Crippen LogP contribution in [0.1, 0.15) is 55.4 Å². The Hall–Kier alpha value is -2.98. The molecule has 0 aliphatic carbocycles. The summed E-state index contributed by atoms with van der Waals surface area (Å²) >= 11 is 0. The van der Waals surface area contributed by atoms with Crippen molar-refractivity contribution in [2.45, 2.75) is 52.8 Å². The van der Waals surface area contributed by atoms with Crippen LogP contribution in [0.5, 0.6) is 0 Å². The predicted molar refractivity (Wildman–Crippen MR) is 96.6 cm³/mol. The van der Waals surface area contributed by atoms with Crippen LogP contribution in [-0.4, -0.2) is 30.5 Å². The van der Waals surface area contributed by atoms with Gasteiger partial charge in [-0.1, -0.05) is 0 Å². The molecule has 0 aliphatic heterocycles. The summed E-state index contributed by atoms with van der Waals surface area (Å²) in [5, 5.41) is 11.0. The molecule has 7 nitrogen and oxygen atoms in total. The van der Waals surface area contributed by atoms with Crippen LogP contribution in [0, 0.1) is 6.92 Å². The third kappa shape index (κ3) is 4.08. The molecule has 3 aromatic heterocycles. The highest BCUT2D eigenvalue weighted by Gasteiger charge is 2.24. The molecule has 0 saturated carbocycles. The van der Waals surface area contributed by atoms with Gasteiger partial charge in [-0.25, -0.2) is 27.2 Å². The number of fused-ring (bicyclic) bond motifs is 1. The molecular weight excluding hydrogens is 392 g/mol. The fraction of sp³-hybridized carbons (Fsp3) is 0.444. The van der Waals surface area contributed by atoms with Gasteiger partial charge in [-0.15, -0.1) is 0 Å². The molecule has 0 fully saturated rings. The lowest BCUT2D eigenvalue weighted by atomic mass is 10.1. The first-order chi connectivity index (χ1) is 13.7.